The number of aromatic nitrogens is 2. The van der Waals surface area contributed by atoms with Gasteiger partial charge in [0.15, 0.2) is 10.9 Å². The Hall–Kier alpha value is -2.27. The third-order valence-corrected chi connectivity index (χ3v) is 4.96. The second-order valence-electron chi connectivity index (χ2n) is 5.60. The van der Waals surface area contributed by atoms with E-state index in [9.17, 15) is 4.79 Å². The summed E-state index contributed by atoms with van der Waals surface area (Å²) in [5, 5.41) is 0.532. The van der Waals surface area contributed by atoms with Crippen LogP contribution in [-0.4, -0.2) is 28.1 Å². The summed E-state index contributed by atoms with van der Waals surface area (Å²) in [6, 6.07) is 13.5. The topological polar surface area (TPSA) is 55.0 Å². The highest BCUT2D eigenvalue weighted by Gasteiger charge is 2.18. The Labute approximate surface area is 145 Å². The maximum atomic E-state index is 12.6. The van der Waals surface area contributed by atoms with Gasteiger partial charge in [-0.2, -0.15) is 0 Å². The maximum Gasteiger partial charge on any atom is 0.175 e. The number of carbonyl (C=O) groups excluding carboxylic acids is 1. The Morgan fingerprint density at radius 3 is 2.67 bits per heavy atom. The zero-order chi connectivity index (χ0) is 17.1. The number of fused-ring (bicyclic) bond motifs is 1. The van der Waals surface area contributed by atoms with Crippen molar-refractivity contribution in [2.75, 3.05) is 7.11 Å². The van der Waals surface area contributed by atoms with Crippen LogP contribution in [0.5, 0.6) is 5.75 Å². The molecule has 0 fully saturated rings. The van der Waals surface area contributed by atoms with Crippen molar-refractivity contribution in [3.8, 4) is 5.75 Å². The number of thioether (sulfide) groups is 1. The molecule has 0 saturated heterocycles. The number of Topliss-reactive ketones (excluding diaryl/α,β-unsaturated/α-hetero) is 1. The third-order valence-electron chi connectivity index (χ3n) is 3.97. The molecule has 0 aliphatic heterocycles. The number of hydrogen-bond donors (Lipinski definition) is 1. The first kappa shape index (κ1) is 16.6. The fraction of sp³-hybridized carbons (Fsp3) is 0.263. The Bertz CT molecular complexity index is 855. The molecule has 1 N–H and O–H groups in total. The lowest BCUT2D eigenvalue weighted by Crippen LogP contribution is -2.13. The van der Waals surface area contributed by atoms with E-state index in [0.29, 0.717) is 0 Å². The average Bonchev–Trinajstić information content (AvgIpc) is 3.02. The van der Waals surface area contributed by atoms with Gasteiger partial charge >= 0.3 is 0 Å². The summed E-state index contributed by atoms with van der Waals surface area (Å²) in [6.07, 6.45) is 0.973. The molecule has 124 valence electrons. The number of rotatable bonds is 6. The monoisotopic (exact) mass is 340 g/mol. The zero-order valence-electron chi connectivity index (χ0n) is 14.0. The van der Waals surface area contributed by atoms with Gasteiger partial charge in [0.2, 0.25) is 0 Å². The molecule has 1 unspecified atom stereocenters. The van der Waals surface area contributed by atoms with Crippen LogP contribution in [0.4, 0.5) is 0 Å². The predicted octanol–water partition coefficient (Wildman–Crippen LogP) is 4.50. The quantitative estimate of drug-likeness (QED) is 0.530. The Balaban J connectivity index is 1.75. The highest BCUT2D eigenvalue weighted by atomic mass is 32.2. The normalized spacial score (nSPS) is 12.3. The van der Waals surface area contributed by atoms with Crippen molar-refractivity contribution in [1.82, 2.24) is 9.97 Å². The molecule has 3 aromatic rings. The summed E-state index contributed by atoms with van der Waals surface area (Å²) in [4.78, 5) is 20.4. The van der Waals surface area contributed by atoms with Crippen LogP contribution in [0, 0.1) is 0 Å². The van der Waals surface area contributed by atoms with Crippen molar-refractivity contribution in [3.05, 3.63) is 53.6 Å². The van der Waals surface area contributed by atoms with Crippen LogP contribution in [0.1, 0.15) is 29.8 Å². The molecule has 0 spiro atoms. The number of ether oxygens (including phenoxy) is 1. The molecule has 0 amide bonds. The first-order valence-corrected chi connectivity index (χ1v) is 8.82. The number of hydrogen-bond acceptors (Lipinski definition) is 4. The number of aryl methyl sites for hydroxylation is 1. The van der Waals surface area contributed by atoms with E-state index in [1.165, 1.54) is 17.3 Å². The number of H-pyrrole nitrogens is 1. The molecule has 3 rings (SSSR count). The second kappa shape index (κ2) is 7.09. The van der Waals surface area contributed by atoms with Gasteiger partial charge < -0.3 is 9.72 Å². The third kappa shape index (κ3) is 3.46. The van der Waals surface area contributed by atoms with Gasteiger partial charge in [0.1, 0.15) is 5.75 Å². The van der Waals surface area contributed by atoms with Crippen LogP contribution in [-0.2, 0) is 6.42 Å². The zero-order valence-corrected chi connectivity index (χ0v) is 14.8. The highest BCUT2D eigenvalue weighted by molar-refractivity contribution is 8.00. The first-order chi connectivity index (χ1) is 11.6. The van der Waals surface area contributed by atoms with Crippen LogP contribution < -0.4 is 4.74 Å². The number of methoxy groups -OCH3 is 1. The van der Waals surface area contributed by atoms with Gasteiger partial charge in [-0.05, 0) is 31.0 Å². The van der Waals surface area contributed by atoms with Crippen LogP contribution in [0.2, 0.25) is 0 Å². The standard InChI is InChI=1S/C19H20N2O2S/c1-4-13-5-7-14(8-6-13)18(22)12(2)24-19-20-16-10-9-15(23-3)11-17(16)21-19/h5-12H,4H2,1-3H3,(H,20,21). The summed E-state index contributed by atoms with van der Waals surface area (Å²) in [5.41, 5.74) is 3.75. The van der Waals surface area contributed by atoms with Gasteiger partial charge in [0, 0.05) is 11.6 Å². The number of nitrogens with zero attached hydrogens (tertiary/aromatic N) is 1. The summed E-state index contributed by atoms with van der Waals surface area (Å²) in [6.45, 7) is 4.01. The lowest BCUT2D eigenvalue weighted by atomic mass is 10.1. The van der Waals surface area contributed by atoms with Crippen LogP contribution >= 0.6 is 11.8 Å². The molecule has 0 aliphatic carbocycles. The molecule has 2 aromatic carbocycles. The Morgan fingerprint density at radius 2 is 2.00 bits per heavy atom. The van der Waals surface area contributed by atoms with Crippen molar-refractivity contribution in [2.24, 2.45) is 0 Å². The van der Waals surface area contributed by atoms with Crippen molar-refractivity contribution in [1.29, 1.82) is 0 Å². The predicted molar refractivity (Wildman–Crippen MR) is 98.1 cm³/mol. The summed E-state index contributed by atoms with van der Waals surface area (Å²) >= 11 is 1.44. The largest absolute Gasteiger partial charge is 0.497 e. The molecule has 0 saturated carbocycles. The van der Waals surface area contributed by atoms with E-state index in [1.54, 1.807) is 7.11 Å². The molecule has 0 aliphatic rings. The number of benzene rings is 2. The van der Waals surface area contributed by atoms with Crippen molar-refractivity contribution in [3.63, 3.8) is 0 Å². The summed E-state index contributed by atoms with van der Waals surface area (Å²) in [5.74, 6) is 0.892. The summed E-state index contributed by atoms with van der Waals surface area (Å²) in [7, 11) is 1.64. The van der Waals surface area contributed by atoms with Crippen molar-refractivity contribution >= 4 is 28.6 Å². The number of carbonyl (C=O) groups is 1. The van der Waals surface area contributed by atoms with E-state index in [0.717, 1.165) is 33.9 Å². The van der Waals surface area contributed by atoms with E-state index in [4.69, 9.17) is 4.74 Å². The fourth-order valence-corrected chi connectivity index (χ4v) is 3.41. The van der Waals surface area contributed by atoms with Crippen LogP contribution in [0.25, 0.3) is 11.0 Å². The van der Waals surface area contributed by atoms with Crippen LogP contribution in [0.15, 0.2) is 47.6 Å². The molecule has 1 aromatic heterocycles. The fourth-order valence-electron chi connectivity index (χ4n) is 2.51. The lowest BCUT2D eigenvalue weighted by molar-refractivity contribution is 0.0994. The summed E-state index contributed by atoms with van der Waals surface area (Å²) < 4.78 is 5.22. The second-order valence-corrected chi connectivity index (χ2v) is 6.93. The molecule has 0 radical (unpaired) electrons. The lowest BCUT2D eigenvalue weighted by Gasteiger charge is -2.08. The molecule has 0 bridgehead atoms. The van der Waals surface area contributed by atoms with E-state index >= 15 is 0 Å². The SMILES string of the molecule is CCc1ccc(C(=O)C(C)Sc2nc3ccc(OC)cc3[nH]2)cc1. The molecule has 24 heavy (non-hydrogen) atoms. The number of ketones is 1. The van der Waals surface area contributed by atoms with Crippen molar-refractivity contribution in [2.45, 2.75) is 30.7 Å². The molecule has 5 heteroatoms. The molecular formula is C19H20N2O2S. The van der Waals surface area contributed by atoms with Crippen molar-refractivity contribution < 1.29 is 9.53 Å². The smallest absolute Gasteiger partial charge is 0.175 e. The van der Waals surface area contributed by atoms with Gasteiger partial charge in [0.25, 0.3) is 0 Å². The molecule has 1 atom stereocenters. The minimum Gasteiger partial charge on any atom is -0.497 e. The highest BCUT2D eigenvalue weighted by Crippen LogP contribution is 2.27. The van der Waals surface area contributed by atoms with Gasteiger partial charge in [-0.25, -0.2) is 4.98 Å². The molecular weight excluding hydrogens is 320 g/mol. The van der Waals surface area contributed by atoms with E-state index in [2.05, 4.69) is 16.9 Å². The average molecular weight is 340 g/mol. The van der Waals surface area contributed by atoms with E-state index in [-0.39, 0.29) is 11.0 Å². The Kier molecular flexibility index (Phi) is 4.90. The minimum absolute atomic E-state index is 0.112. The van der Waals surface area contributed by atoms with E-state index in [1.807, 2.05) is 49.4 Å². The van der Waals surface area contributed by atoms with Gasteiger partial charge in [0.05, 0.1) is 23.4 Å². The number of imidazole rings is 1. The first-order valence-electron chi connectivity index (χ1n) is 7.94. The van der Waals surface area contributed by atoms with Gasteiger partial charge in [-0.15, -0.1) is 0 Å². The van der Waals surface area contributed by atoms with Crippen LogP contribution in [0.3, 0.4) is 0 Å². The molecule has 1 heterocycles. The maximum absolute atomic E-state index is 12.6. The minimum atomic E-state index is -0.208. The van der Waals surface area contributed by atoms with Gasteiger partial charge in [-0.3, -0.25) is 4.79 Å². The van der Waals surface area contributed by atoms with E-state index < -0.39 is 0 Å². The molecule has 4 nitrogen and oxygen atoms in total. The van der Waals surface area contributed by atoms with Gasteiger partial charge in [-0.1, -0.05) is 43.0 Å². The Morgan fingerprint density at radius 1 is 1.25 bits per heavy atom. The number of aromatic amines is 1. The number of nitrogens with one attached hydrogen (secondary N) is 1.